The number of anilines is 2. The molecule has 4 rings (SSSR count). The molecule has 2 aromatic heterocycles. The topological polar surface area (TPSA) is 58.0 Å². The van der Waals surface area contributed by atoms with Gasteiger partial charge < -0.3 is 9.80 Å². The number of aromatic nitrogens is 4. The van der Waals surface area contributed by atoms with Crippen LogP contribution >= 0.6 is 11.6 Å². The van der Waals surface area contributed by atoms with Crippen LogP contribution in [0.5, 0.6) is 0 Å². The van der Waals surface area contributed by atoms with Gasteiger partial charge in [0, 0.05) is 32.4 Å². The van der Waals surface area contributed by atoms with Gasteiger partial charge in [-0.05, 0) is 25.7 Å². The molecular weight excluding hydrogens is 288 g/mol. The first-order chi connectivity index (χ1) is 10.3. The monoisotopic (exact) mass is 304 g/mol. The molecule has 0 bridgehead atoms. The maximum absolute atomic E-state index is 6.28. The van der Waals surface area contributed by atoms with Crippen molar-refractivity contribution < 1.29 is 0 Å². The second-order valence-corrected chi connectivity index (χ2v) is 5.97. The zero-order valence-electron chi connectivity index (χ0n) is 11.8. The number of rotatable bonds is 2. The molecule has 2 fully saturated rings. The van der Waals surface area contributed by atoms with Crippen molar-refractivity contribution >= 4 is 34.5 Å². The number of fused-ring (bicyclic) bond motifs is 1. The van der Waals surface area contributed by atoms with E-state index in [1.165, 1.54) is 25.7 Å². The summed E-state index contributed by atoms with van der Waals surface area (Å²) in [5.74, 6) is 1.44. The lowest BCUT2D eigenvalue weighted by atomic mass is 10.4. The van der Waals surface area contributed by atoms with Gasteiger partial charge in [-0.3, -0.25) is 0 Å². The van der Waals surface area contributed by atoms with Crippen LogP contribution in [0.15, 0.2) is 6.20 Å². The Labute approximate surface area is 128 Å². The molecule has 7 heteroatoms. The predicted octanol–water partition coefficient (Wildman–Crippen LogP) is 2.27. The molecule has 0 atom stereocenters. The third-order valence-electron chi connectivity index (χ3n) is 4.16. The van der Waals surface area contributed by atoms with Crippen molar-refractivity contribution in [1.29, 1.82) is 0 Å². The molecule has 0 N–H and O–H groups in total. The Balaban J connectivity index is 1.76. The van der Waals surface area contributed by atoms with Gasteiger partial charge in [0.2, 0.25) is 11.9 Å². The van der Waals surface area contributed by atoms with E-state index in [9.17, 15) is 0 Å². The number of hydrogen-bond acceptors (Lipinski definition) is 6. The molecule has 0 unspecified atom stereocenters. The molecule has 0 aromatic carbocycles. The van der Waals surface area contributed by atoms with E-state index in [0.29, 0.717) is 16.7 Å². The lowest BCUT2D eigenvalue weighted by molar-refractivity contribution is 0.888. The normalized spacial score (nSPS) is 18.9. The lowest BCUT2D eigenvalue weighted by Gasteiger charge is -2.17. The first-order valence-corrected chi connectivity index (χ1v) is 7.89. The summed E-state index contributed by atoms with van der Waals surface area (Å²) < 4.78 is 0. The van der Waals surface area contributed by atoms with Crippen LogP contribution in [0.3, 0.4) is 0 Å². The van der Waals surface area contributed by atoms with Crippen LogP contribution in [0.4, 0.5) is 11.9 Å². The SMILES string of the molecule is Clc1nc(N2CCCC2)nc2nc(N3CCCC3)ncc12. The fraction of sp³-hybridized carbons (Fsp3) is 0.571. The second-order valence-electron chi connectivity index (χ2n) is 5.61. The molecule has 4 heterocycles. The fourth-order valence-corrected chi connectivity index (χ4v) is 3.20. The van der Waals surface area contributed by atoms with E-state index in [4.69, 9.17) is 11.6 Å². The molecule has 0 spiro atoms. The van der Waals surface area contributed by atoms with E-state index in [2.05, 4.69) is 29.7 Å². The number of hydrogen-bond donors (Lipinski definition) is 0. The third kappa shape index (κ3) is 2.37. The Morgan fingerprint density at radius 1 is 0.810 bits per heavy atom. The average molecular weight is 305 g/mol. The average Bonchev–Trinajstić information content (AvgIpc) is 3.20. The Kier molecular flexibility index (Phi) is 3.25. The van der Waals surface area contributed by atoms with Crippen LogP contribution in [-0.4, -0.2) is 46.1 Å². The van der Waals surface area contributed by atoms with Crippen LogP contribution in [-0.2, 0) is 0 Å². The van der Waals surface area contributed by atoms with E-state index in [0.717, 1.165) is 37.5 Å². The smallest absolute Gasteiger partial charge is 0.228 e. The van der Waals surface area contributed by atoms with Gasteiger partial charge in [0.15, 0.2) is 5.65 Å². The summed E-state index contributed by atoms with van der Waals surface area (Å²) in [5.41, 5.74) is 0.647. The predicted molar refractivity (Wildman–Crippen MR) is 83.0 cm³/mol. The minimum Gasteiger partial charge on any atom is -0.341 e. The van der Waals surface area contributed by atoms with Gasteiger partial charge >= 0.3 is 0 Å². The van der Waals surface area contributed by atoms with Crippen molar-refractivity contribution in [2.45, 2.75) is 25.7 Å². The summed E-state index contributed by atoms with van der Waals surface area (Å²) in [7, 11) is 0. The molecule has 110 valence electrons. The third-order valence-corrected chi connectivity index (χ3v) is 4.45. The highest BCUT2D eigenvalue weighted by molar-refractivity contribution is 6.34. The number of nitrogens with zero attached hydrogens (tertiary/aromatic N) is 6. The van der Waals surface area contributed by atoms with Crippen molar-refractivity contribution in [3.8, 4) is 0 Å². The Hall–Kier alpha value is -1.69. The van der Waals surface area contributed by atoms with Gasteiger partial charge in [-0.1, -0.05) is 11.6 Å². The summed E-state index contributed by atoms with van der Waals surface area (Å²) in [6, 6.07) is 0. The van der Waals surface area contributed by atoms with Gasteiger partial charge in [0.05, 0.1) is 5.39 Å². The quantitative estimate of drug-likeness (QED) is 0.793. The molecule has 2 aliphatic rings. The molecule has 0 aliphatic carbocycles. The first kappa shape index (κ1) is 13.0. The van der Waals surface area contributed by atoms with Crippen LogP contribution in [0.25, 0.3) is 11.0 Å². The van der Waals surface area contributed by atoms with Crippen LogP contribution in [0.1, 0.15) is 25.7 Å². The van der Waals surface area contributed by atoms with E-state index in [-0.39, 0.29) is 0 Å². The van der Waals surface area contributed by atoms with Gasteiger partial charge in [0.25, 0.3) is 0 Å². The summed E-state index contributed by atoms with van der Waals surface area (Å²) in [5, 5.41) is 1.16. The maximum atomic E-state index is 6.28. The highest BCUT2D eigenvalue weighted by atomic mass is 35.5. The number of halogens is 1. The van der Waals surface area contributed by atoms with Crippen molar-refractivity contribution in [2.75, 3.05) is 36.0 Å². The van der Waals surface area contributed by atoms with E-state index in [1.54, 1.807) is 6.20 Å². The van der Waals surface area contributed by atoms with Gasteiger partial charge in [-0.25, -0.2) is 9.97 Å². The summed E-state index contributed by atoms with van der Waals surface area (Å²) in [4.78, 5) is 22.4. The van der Waals surface area contributed by atoms with Crippen molar-refractivity contribution in [1.82, 2.24) is 19.9 Å². The van der Waals surface area contributed by atoms with Gasteiger partial charge in [-0.15, -0.1) is 0 Å². The molecule has 21 heavy (non-hydrogen) atoms. The van der Waals surface area contributed by atoms with Crippen LogP contribution < -0.4 is 9.80 Å². The molecule has 6 nitrogen and oxygen atoms in total. The lowest BCUT2D eigenvalue weighted by Crippen LogP contribution is -2.22. The fourth-order valence-electron chi connectivity index (χ4n) is 2.99. The second kappa shape index (κ2) is 5.26. The van der Waals surface area contributed by atoms with Crippen molar-refractivity contribution in [3.05, 3.63) is 11.3 Å². The van der Waals surface area contributed by atoms with Gasteiger partial charge in [0.1, 0.15) is 5.15 Å². The molecule has 2 aromatic rings. The minimum atomic E-state index is 0.440. The first-order valence-electron chi connectivity index (χ1n) is 7.51. The van der Waals surface area contributed by atoms with Crippen molar-refractivity contribution in [3.63, 3.8) is 0 Å². The minimum absolute atomic E-state index is 0.440. The van der Waals surface area contributed by atoms with E-state index in [1.807, 2.05) is 0 Å². The summed E-state index contributed by atoms with van der Waals surface area (Å²) in [6.45, 7) is 4.02. The molecule has 0 amide bonds. The zero-order chi connectivity index (χ0) is 14.2. The highest BCUT2D eigenvalue weighted by Gasteiger charge is 2.19. The van der Waals surface area contributed by atoms with Crippen LogP contribution in [0, 0.1) is 0 Å². The van der Waals surface area contributed by atoms with Gasteiger partial charge in [-0.2, -0.15) is 9.97 Å². The maximum Gasteiger partial charge on any atom is 0.228 e. The molecule has 2 aliphatic heterocycles. The van der Waals surface area contributed by atoms with E-state index < -0.39 is 0 Å². The van der Waals surface area contributed by atoms with Crippen LogP contribution in [0.2, 0.25) is 5.15 Å². The largest absolute Gasteiger partial charge is 0.341 e. The van der Waals surface area contributed by atoms with E-state index >= 15 is 0 Å². The Bertz CT molecular complexity index is 659. The molecular formula is C14H17ClN6. The Morgan fingerprint density at radius 3 is 2.05 bits per heavy atom. The zero-order valence-corrected chi connectivity index (χ0v) is 12.6. The summed E-state index contributed by atoms with van der Waals surface area (Å²) >= 11 is 6.28. The molecule has 0 radical (unpaired) electrons. The molecule has 0 saturated carbocycles. The standard InChI is InChI=1S/C14H17ClN6/c15-11-10-9-16-13(20-5-1-2-6-20)18-12(10)19-14(17-11)21-7-3-4-8-21/h9H,1-8H2. The highest BCUT2D eigenvalue weighted by Crippen LogP contribution is 2.25. The Morgan fingerprint density at radius 2 is 1.38 bits per heavy atom. The van der Waals surface area contributed by atoms with Crippen molar-refractivity contribution in [2.24, 2.45) is 0 Å². The summed E-state index contributed by atoms with van der Waals surface area (Å²) in [6.07, 6.45) is 6.51. The molecule has 2 saturated heterocycles.